The summed E-state index contributed by atoms with van der Waals surface area (Å²) in [7, 11) is 0. The number of aromatic nitrogens is 3. The van der Waals surface area contributed by atoms with Crippen molar-refractivity contribution in [2.45, 2.75) is 26.0 Å². The first-order valence-corrected chi connectivity index (χ1v) is 7.30. The number of pyridine rings is 1. The van der Waals surface area contributed by atoms with Gasteiger partial charge in [0.05, 0.1) is 17.3 Å². The second-order valence-corrected chi connectivity index (χ2v) is 5.30. The number of hydrogen-bond acceptors (Lipinski definition) is 3. The summed E-state index contributed by atoms with van der Waals surface area (Å²) in [6.07, 6.45) is 1.41. The second-order valence-electron chi connectivity index (χ2n) is 4.91. The number of hydrogen-bond donors (Lipinski definition) is 1. The molecular formula is C16H16ClN3O. The van der Waals surface area contributed by atoms with Crippen LogP contribution in [0.25, 0.3) is 10.9 Å². The fourth-order valence-corrected chi connectivity index (χ4v) is 2.70. The molecule has 0 fully saturated rings. The number of fused-ring (bicyclic) bond motifs is 1. The maximum absolute atomic E-state index is 10.4. The molecule has 1 aromatic carbocycles. The van der Waals surface area contributed by atoms with Gasteiger partial charge in [0.15, 0.2) is 0 Å². The van der Waals surface area contributed by atoms with Crippen molar-refractivity contribution in [1.29, 1.82) is 0 Å². The summed E-state index contributed by atoms with van der Waals surface area (Å²) in [5.41, 5.74) is 2.74. The molecule has 0 saturated carbocycles. The van der Waals surface area contributed by atoms with Crippen molar-refractivity contribution in [2.24, 2.45) is 0 Å². The number of aryl methyl sites for hydroxylation is 1. The monoisotopic (exact) mass is 301 g/mol. The van der Waals surface area contributed by atoms with Gasteiger partial charge in [-0.3, -0.25) is 4.68 Å². The Balaban J connectivity index is 1.94. The molecule has 2 heterocycles. The molecule has 21 heavy (non-hydrogen) atoms. The van der Waals surface area contributed by atoms with Gasteiger partial charge in [0.2, 0.25) is 0 Å². The molecule has 1 N–H and O–H groups in total. The summed E-state index contributed by atoms with van der Waals surface area (Å²) in [6.45, 7) is 2.86. The molecule has 2 aromatic heterocycles. The molecule has 0 amide bonds. The van der Waals surface area contributed by atoms with Crippen LogP contribution in [-0.4, -0.2) is 19.9 Å². The third kappa shape index (κ3) is 2.77. The summed E-state index contributed by atoms with van der Waals surface area (Å²) in [5.74, 6) is 0. The van der Waals surface area contributed by atoms with Gasteiger partial charge in [-0.2, -0.15) is 5.10 Å². The molecule has 5 heteroatoms. The van der Waals surface area contributed by atoms with Crippen LogP contribution in [0.4, 0.5) is 0 Å². The van der Waals surface area contributed by atoms with Gasteiger partial charge in [-0.1, -0.05) is 29.8 Å². The van der Waals surface area contributed by atoms with Crippen LogP contribution in [-0.2, 0) is 13.0 Å². The number of para-hydroxylation sites is 1. The van der Waals surface area contributed by atoms with Crippen molar-refractivity contribution in [3.8, 4) is 0 Å². The molecule has 0 aliphatic heterocycles. The van der Waals surface area contributed by atoms with E-state index in [-0.39, 0.29) is 0 Å². The van der Waals surface area contributed by atoms with Gasteiger partial charge in [-0.05, 0) is 30.7 Å². The zero-order chi connectivity index (χ0) is 14.8. The number of nitrogens with zero attached hydrogens (tertiary/aromatic N) is 3. The fourth-order valence-electron chi connectivity index (χ4n) is 2.51. The third-order valence-electron chi connectivity index (χ3n) is 3.56. The Labute approximate surface area is 128 Å². The molecule has 0 bridgehead atoms. The Morgan fingerprint density at radius 3 is 2.86 bits per heavy atom. The third-order valence-corrected chi connectivity index (χ3v) is 3.76. The van der Waals surface area contributed by atoms with Crippen molar-refractivity contribution >= 4 is 22.5 Å². The highest BCUT2D eigenvalue weighted by atomic mass is 35.5. The SMILES string of the molecule is CCn1nc(CC(O)c2ccnc(Cl)c2)c2ccccc21. The average molecular weight is 302 g/mol. The Morgan fingerprint density at radius 1 is 1.29 bits per heavy atom. The fraction of sp³-hybridized carbons (Fsp3) is 0.250. The predicted molar refractivity (Wildman–Crippen MR) is 83.3 cm³/mol. The zero-order valence-corrected chi connectivity index (χ0v) is 12.5. The van der Waals surface area contributed by atoms with Crippen LogP contribution < -0.4 is 0 Å². The van der Waals surface area contributed by atoms with E-state index in [4.69, 9.17) is 11.6 Å². The molecule has 4 nitrogen and oxygen atoms in total. The lowest BCUT2D eigenvalue weighted by molar-refractivity contribution is 0.177. The molecule has 0 spiro atoms. The summed E-state index contributed by atoms with van der Waals surface area (Å²) < 4.78 is 1.96. The minimum Gasteiger partial charge on any atom is -0.388 e. The van der Waals surface area contributed by atoms with E-state index in [0.29, 0.717) is 11.6 Å². The summed E-state index contributed by atoms with van der Waals surface area (Å²) in [5, 5.41) is 16.5. The maximum atomic E-state index is 10.4. The first-order chi connectivity index (χ1) is 10.2. The van der Waals surface area contributed by atoms with Crippen LogP contribution in [0, 0.1) is 0 Å². The van der Waals surface area contributed by atoms with Gasteiger partial charge in [0.25, 0.3) is 0 Å². The Kier molecular flexibility index (Phi) is 3.90. The summed E-state index contributed by atoms with van der Waals surface area (Å²) >= 11 is 5.87. The highest BCUT2D eigenvalue weighted by Crippen LogP contribution is 2.25. The van der Waals surface area contributed by atoms with Crippen LogP contribution >= 0.6 is 11.6 Å². The van der Waals surface area contributed by atoms with Gasteiger partial charge in [0, 0.05) is 24.5 Å². The van der Waals surface area contributed by atoms with Crippen LogP contribution in [0.3, 0.4) is 0 Å². The largest absolute Gasteiger partial charge is 0.388 e. The smallest absolute Gasteiger partial charge is 0.129 e. The predicted octanol–water partition coefficient (Wildman–Crippen LogP) is 3.38. The molecule has 1 unspecified atom stereocenters. The lowest BCUT2D eigenvalue weighted by Gasteiger charge is -2.09. The lowest BCUT2D eigenvalue weighted by Crippen LogP contribution is -2.04. The van der Waals surface area contributed by atoms with Crippen molar-refractivity contribution in [2.75, 3.05) is 0 Å². The van der Waals surface area contributed by atoms with E-state index in [2.05, 4.69) is 17.0 Å². The molecule has 0 radical (unpaired) electrons. The van der Waals surface area contributed by atoms with E-state index in [1.807, 2.05) is 28.9 Å². The molecule has 1 atom stereocenters. The summed E-state index contributed by atoms with van der Waals surface area (Å²) in [6, 6.07) is 11.5. The number of rotatable bonds is 4. The standard InChI is InChI=1S/C16H16ClN3O/c1-2-20-14-6-4-3-5-12(14)13(19-20)10-15(21)11-7-8-18-16(17)9-11/h3-9,15,21H,2,10H2,1H3. The lowest BCUT2D eigenvalue weighted by atomic mass is 10.0. The van der Waals surface area contributed by atoms with Crippen molar-refractivity contribution in [1.82, 2.24) is 14.8 Å². The normalized spacial score (nSPS) is 12.7. The quantitative estimate of drug-likeness (QED) is 0.752. The molecule has 0 aliphatic carbocycles. The van der Waals surface area contributed by atoms with Crippen LogP contribution in [0.1, 0.15) is 24.3 Å². The van der Waals surface area contributed by atoms with Crippen molar-refractivity contribution in [3.63, 3.8) is 0 Å². The van der Waals surface area contributed by atoms with E-state index in [1.54, 1.807) is 18.3 Å². The highest BCUT2D eigenvalue weighted by molar-refractivity contribution is 6.29. The minimum absolute atomic E-state index is 0.385. The Morgan fingerprint density at radius 2 is 2.10 bits per heavy atom. The molecule has 0 aliphatic rings. The van der Waals surface area contributed by atoms with Gasteiger partial charge in [-0.25, -0.2) is 4.98 Å². The van der Waals surface area contributed by atoms with Crippen molar-refractivity contribution in [3.05, 3.63) is 59.0 Å². The molecule has 3 rings (SSSR count). The number of aliphatic hydroxyl groups is 1. The van der Waals surface area contributed by atoms with E-state index in [1.165, 1.54) is 0 Å². The van der Waals surface area contributed by atoms with Gasteiger partial charge >= 0.3 is 0 Å². The van der Waals surface area contributed by atoms with Gasteiger partial charge in [-0.15, -0.1) is 0 Å². The summed E-state index contributed by atoms with van der Waals surface area (Å²) in [4.78, 5) is 3.93. The van der Waals surface area contributed by atoms with E-state index in [9.17, 15) is 5.11 Å². The van der Waals surface area contributed by atoms with E-state index in [0.717, 1.165) is 28.7 Å². The average Bonchev–Trinajstić information content (AvgIpc) is 2.85. The maximum Gasteiger partial charge on any atom is 0.129 e. The molecule has 0 saturated heterocycles. The van der Waals surface area contributed by atoms with Gasteiger partial charge in [0.1, 0.15) is 5.15 Å². The number of halogens is 1. The van der Waals surface area contributed by atoms with Gasteiger partial charge < -0.3 is 5.11 Å². The Hall–Kier alpha value is -1.91. The van der Waals surface area contributed by atoms with Crippen LogP contribution in [0.5, 0.6) is 0 Å². The van der Waals surface area contributed by atoms with Crippen LogP contribution in [0.2, 0.25) is 5.15 Å². The first-order valence-electron chi connectivity index (χ1n) is 6.93. The molecular weight excluding hydrogens is 286 g/mol. The zero-order valence-electron chi connectivity index (χ0n) is 11.7. The van der Waals surface area contributed by atoms with E-state index < -0.39 is 6.10 Å². The highest BCUT2D eigenvalue weighted by Gasteiger charge is 2.15. The molecule has 3 aromatic rings. The number of benzene rings is 1. The first kappa shape index (κ1) is 14.0. The minimum atomic E-state index is -0.644. The topological polar surface area (TPSA) is 50.9 Å². The molecule has 108 valence electrons. The van der Waals surface area contributed by atoms with Crippen LogP contribution in [0.15, 0.2) is 42.6 Å². The van der Waals surface area contributed by atoms with Crippen molar-refractivity contribution < 1.29 is 5.11 Å². The number of aliphatic hydroxyl groups excluding tert-OH is 1. The Bertz CT molecular complexity index is 769. The van der Waals surface area contributed by atoms with E-state index >= 15 is 0 Å². The second kappa shape index (κ2) is 5.84.